The van der Waals surface area contributed by atoms with Gasteiger partial charge < -0.3 is 5.32 Å². The van der Waals surface area contributed by atoms with Gasteiger partial charge in [0.1, 0.15) is 17.3 Å². The van der Waals surface area contributed by atoms with Crippen molar-refractivity contribution < 1.29 is 13.7 Å². The molecule has 0 saturated heterocycles. The van der Waals surface area contributed by atoms with Crippen molar-refractivity contribution in [2.24, 2.45) is 0 Å². The standard InChI is InChI=1S/C13H8Br2F2N2O2/c14-8-1-2-10(16)7(3-8)6-18-12-4-9(15)11(17)5-13(12)19(20)21/h1-5,18H,6H2. The van der Waals surface area contributed by atoms with Gasteiger partial charge in [-0.05, 0) is 40.2 Å². The van der Waals surface area contributed by atoms with Crippen LogP contribution in [0, 0.1) is 21.7 Å². The van der Waals surface area contributed by atoms with Gasteiger partial charge in [0.15, 0.2) is 0 Å². The Morgan fingerprint density at radius 2 is 1.86 bits per heavy atom. The fourth-order valence-corrected chi connectivity index (χ4v) is 2.45. The van der Waals surface area contributed by atoms with Crippen molar-refractivity contribution in [1.82, 2.24) is 0 Å². The van der Waals surface area contributed by atoms with Gasteiger partial charge in [-0.1, -0.05) is 15.9 Å². The molecule has 2 rings (SSSR count). The molecule has 0 aromatic heterocycles. The predicted octanol–water partition coefficient (Wildman–Crippen LogP) is 5.01. The summed E-state index contributed by atoms with van der Waals surface area (Å²) in [7, 11) is 0. The number of anilines is 1. The fourth-order valence-electron chi connectivity index (χ4n) is 1.70. The summed E-state index contributed by atoms with van der Waals surface area (Å²) in [4.78, 5) is 10.2. The average Bonchev–Trinajstić information content (AvgIpc) is 2.42. The predicted molar refractivity (Wildman–Crippen MR) is 82.2 cm³/mol. The molecular weight excluding hydrogens is 414 g/mol. The van der Waals surface area contributed by atoms with Crippen LogP contribution in [0.25, 0.3) is 0 Å². The molecule has 4 nitrogen and oxygen atoms in total. The highest BCUT2D eigenvalue weighted by molar-refractivity contribution is 9.10. The third kappa shape index (κ3) is 3.76. The van der Waals surface area contributed by atoms with Crippen LogP contribution in [-0.4, -0.2) is 4.92 Å². The lowest BCUT2D eigenvalue weighted by molar-refractivity contribution is -0.384. The lowest BCUT2D eigenvalue weighted by Crippen LogP contribution is -2.05. The molecule has 2 aromatic rings. The molecular formula is C13H8Br2F2N2O2. The summed E-state index contributed by atoms with van der Waals surface area (Å²) < 4.78 is 27.7. The number of nitrogens with one attached hydrogen (secondary N) is 1. The van der Waals surface area contributed by atoms with E-state index in [1.54, 1.807) is 12.1 Å². The van der Waals surface area contributed by atoms with E-state index in [4.69, 9.17) is 0 Å². The monoisotopic (exact) mass is 420 g/mol. The number of nitro benzene ring substituents is 1. The first-order valence-electron chi connectivity index (χ1n) is 5.69. The van der Waals surface area contributed by atoms with Crippen molar-refractivity contribution in [2.75, 3.05) is 5.32 Å². The van der Waals surface area contributed by atoms with Gasteiger partial charge >= 0.3 is 0 Å². The van der Waals surface area contributed by atoms with Crippen LogP contribution in [0.15, 0.2) is 39.3 Å². The molecule has 0 heterocycles. The van der Waals surface area contributed by atoms with E-state index in [1.807, 2.05) is 0 Å². The van der Waals surface area contributed by atoms with E-state index < -0.39 is 22.2 Å². The maximum Gasteiger partial charge on any atom is 0.295 e. The molecule has 110 valence electrons. The van der Waals surface area contributed by atoms with Gasteiger partial charge in [0.25, 0.3) is 5.69 Å². The number of benzene rings is 2. The Balaban J connectivity index is 2.29. The summed E-state index contributed by atoms with van der Waals surface area (Å²) in [6.07, 6.45) is 0. The van der Waals surface area contributed by atoms with Crippen LogP contribution in [0.3, 0.4) is 0 Å². The zero-order valence-electron chi connectivity index (χ0n) is 10.4. The van der Waals surface area contributed by atoms with E-state index in [-0.39, 0.29) is 16.7 Å². The molecule has 0 bridgehead atoms. The quantitative estimate of drug-likeness (QED) is 0.557. The molecule has 0 atom stereocenters. The minimum absolute atomic E-state index is 0.0319. The molecule has 21 heavy (non-hydrogen) atoms. The smallest absolute Gasteiger partial charge is 0.295 e. The van der Waals surface area contributed by atoms with Crippen molar-refractivity contribution in [3.63, 3.8) is 0 Å². The molecule has 0 unspecified atom stereocenters. The largest absolute Gasteiger partial charge is 0.375 e. The van der Waals surface area contributed by atoms with Gasteiger partial charge in [-0.2, -0.15) is 0 Å². The minimum Gasteiger partial charge on any atom is -0.375 e. The van der Waals surface area contributed by atoms with E-state index in [1.165, 1.54) is 12.1 Å². The first kappa shape index (κ1) is 15.8. The third-order valence-electron chi connectivity index (χ3n) is 2.71. The van der Waals surface area contributed by atoms with Crippen LogP contribution in [0.2, 0.25) is 0 Å². The van der Waals surface area contributed by atoms with Crippen LogP contribution in [0.4, 0.5) is 20.2 Å². The molecule has 0 aliphatic heterocycles. The Kier molecular flexibility index (Phi) is 4.89. The molecule has 0 saturated carbocycles. The Bertz CT molecular complexity index is 711. The topological polar surface area (TPSA) is 55.2 Å². The lowest BCUT2D eigenvalue weighted by Gasteiger charge is -2.09. The first-order chi connectivity index (χ1) is 9.88. The molecule has 0 radical (unpaired) electrons. The second-order valence-corrected chi connectivity index (χ2v) is 5.90. The van der Waals surface area contributed by atoms with Crippen molar-refractivity contribution in [3.8, 4) is 0 Å². The van der Waals surface area contributed by atoms with Crippen LogP contribution in [0.5, 0.6) is 0 Å². The Hall–Kier alpha value is -1.54. The molecule has 8 heteroatoms. The van der Waals surface area contributed by atoms with Crippen molar-refractivity contribution in [1.29, 1.82) is 0 Å². The van der Waals surface area contributed by atoms with E-state index >= 15 is 0 Å². The second-order valence-electron chi connectivity index (χ2n) is 4.13. The van der Waals surface area contributed by atoms with Gasteiger partial charge in [0.2, 0.25) is 0 Å². The van der Waals surface area contributed by atoms with Crippen molar-refractivity contribution in [3.05, 3.63) is 66.6 Å². The SMILES string of the molecule is O=[N+]([O-])c1cc(F)c(Br)cc1NCc1cc(Br)ccc1F. The molecule has 0 amide bonds. The zero-order valence-corrected chi connectivity index (χ0v) is 13.5. The van der Waals surface area contributed by atoms with Crippen LogP contribution in [0.1, 0.15) is 5.56 Å². The number of hydrogen-bond donors (Lipinski definition) is 1. The summed E-state index contributed by atoms with van der Waals surface area (Å²) >= 11 is 6.18. The molecule has 1 N–H and O–H groups in total. The number of halogens is 4. The minimum atomic E-state index is -0.735. The number of rotatable bonds is 4. The maximum atomic E-state index is 13.6. The molecule has 2 aromatic carbocycles. The summed E-state index contributed by atoms with van der Waals surface area (Å²) in [5.41, 5.74) is 0.0258. The third-order valence-corrected chi connectivity index (χ3v) is 3.81. The fraction of sp³-hybridized carbons (Fsp3) is 0.0769. The number of hydrogen-bond acceptors (Lipinski definition) is 3. The number of nitrogens with zero attached hydrogens (tertiary/aromatic N) is 1. The Labute approximate surface area is 135 Å². The van der Waals surface area contributed by atoms with Gasteiger partial charge in [-0.25, -0.2) is 8.78 Å². The van der Waals surface area contributed by atoms with Gasteiger partial charge in [-0.3, -0.25) is 10.1 Å². The van der Waals surface area contributed by atoms with Crippen LogP contribution < -0.4 is 5.32 Å². The summed E-state index contributed by atoms with van der Waals surface area (Å²) in [5, 5.41) is 13.7. The summed E-state index contributed by atoms with van der Waals surface area (Å²) in [6.45, 7) is 0.0319. The van der Waals surface area contributed by atoms with Gasteiger partial charge in [0.05, 0.1) is 15.5 Å². The summed E-state index contributed by atoms with van der Waals surface area (Å²) in [5.74, 6) is -1.17. The van der Waals surface area contributed by atoms with Gasteiger partial charge in [0, 0.05) is 16.6 Å². The lowest BCUT2D eigenvalue weighted by atomic mass is 10.2. The maximum absolute atomic E-state index is 13.6. The van der Waals surface area contributed by atoms with Crippen LogP contribution >= 0.6 is 31.9 Å². The number of nitro groups is 1. The van der Waals surface area contributed by atoms with Crippen LogP contribution in [-0.2, 0) is 6.54 Å². The average molecular weight is 422 g/mol. The summed E-state index contributed by atoms with van der Waals surface area (Å²) in [6, 6.07) is 6.46. The highest BCUT2D eigenvalue weighted by Gasteiger charge is 2.17. The van der Waals surface area contributed by atoms with E-state index in [9.17, 15) is 18.9 Å². The molecule has 0 spiro atoms. The van der Waals surface area contributed by atoms with E-state index in [0.717, 1.165) is 6.07 Å². The van der Waals surface area contributed by atoms with Crippen molar-refractivity contribution >= 4 is 43.2 Å². The zero-order chi connectivity index (χ0) is 15.6. The first-order valence-corrected chi connectivity index (χ1v) is 7.28. The molecule has 0 fully saturated rings. The molecule has 0 aliphatic rings. The normalized spacial score (nSPS) is 10.5. The highest BCUT2D eigenvalue weighted by atomic mass is 79.9. The van der Waals surface area contributed by atoms with Gasteiger partial charge in [-0.15, -0.1) is 0 Å². The van der Waals surface area contributed by atoms with Crippen molar-refractivity contribution in [2.45, 2.75) is 6.54 Å². The van der Waals surface area contributed by atoms with E-state index in [2.05, 4.69) is 37.2 Å². The molecule has 0 aliphatic carbocycles. The second kappa shape index (κ2) is 6.48. The van der Waals surface area contributed by atoms with E-state index in [0.29, 0.717) is 10.0 Å². The highest BCUT2D eigenvalue weighted by Crippen LogP contribution is 2.31. The Morgan fingerprint density at radius 1 is 1.14 bits per heavy atom. The Morgan fingerprint density at radius 3 is 2.52 bits per heavy atom.